The van der Waals surface area contributed by atoms with E-state index in [0.717, 1.165) is 24.0 Å². The molecule has 8 heteroatoms. The Kier molecular flexibility index (Phi) is 6.00. The van der Waals surface area contributed by atoms with Crippen LogP contribution in [0.1, 0.15) is 35.1 Å². The maximum atomic E-state index is 13.5. The van der Waals surface area contributed by atoms with E-state index in [0.29, 0.717) is 22.6 Å². The maximum absolute atomic E-state index is 13.5. The number of aryl methyl sites for hydroxylation is 2. The van der Waals surface area contributed by atoms with Crippen molar-refractivity contribution < 1.29 is 16.8 Å². The lowest BCUT2D eigenvalue weighted by Crippen LogP contribution is -2.49. The van der Waals surface area contributed by atoms with Gasteiger partial charge in [-0.2, -0.15) is 25.6 Å². The molecule has 7 rings (SSSR count). The number of rotatable bonds is 4. The average Bonchev–Trinajstić information content (AvgIpc) is 2.91. The van der Waals surface area contributed by atoms with Crippen LogP contribution in [0.25, 0.3) is 0 Å². The summed E-state index contributed by atoms with van der Waals surface area (Å²) in [5.41, 5.74) is 4.18. The Hall–Kier alpha value is -3.36. The van der Waals surface area contributed by atoms with Gasteiger partial charge < -0.3 is 0 Å². The van der Waals surface area contributed by atoms with E-state index in [1.54, 1.807) is 48.5 Å². The Labute approximate surface area is 224 Å². The van der Waals surface area contributed by atoms with E-state index in [4.69, 9.17) is 0 Å². The van der Waals surface area contributed by atoms with Crippen LogP contribution >= 0.6 is 0 Å². The van der Waals surface area contributed by atoms with Crippen LogP contribution in [0.5, 0.6) is 0 Å². The SMILES string of the molecule is Cc1ccc(S(=O)(=O)/N=C2\c3ccccc3/C(=N\S(=O)(=O)c3ccc(C)cc3)C3C4C=CC(CC4)C23)cc1. The highest BCUT2D eigenvalue weighted by atomic mass is 32.2. The van der Waals surface area contributed by atoms with Crippen molar-refractivity contribution in [3.05, 3.63) is 107 Å². The Bertz CT molecular complexity index is 1590. The van der Waals surface area contributed by atoms with Gasteiger partial charge in [0, 0.05) is 23.0 Å². The molecule has 1 saturated carbocycles. The normalized spacial score (nSPS) is 26.4. The van der Waals surface area contributed by atoms with Crippen molar-refractivity contribution in [3.8, 4) is 0 Å². The van der Waals surface area contributed by atoms with Crippen LogP contribution in [-0.2, 0) is 20.0 Å². The first-order chi connectivity index (χ1) is 18.1. The molecule has 6 nitrogen and oxygen atoms in total. The van der Waals surface area contributed by atoms with E-state index >= 15 is 0 Å². The van der Waals surface area contributed by atoms with Gasteiger partial charge in [0.05, 0.1) is 21.2 Å². The first-order valence-corrected chi connectivity index (χ1v) is 15.6. The van der Waals surface area contributed by atoms with Crippen molar-refractivity contribution in [1.29, 1.82) is 0 Å². The van der Waals surface area contributed by atoms with Crippen molar-refractivity contribution in [2.24, 2.45) is 32.5 Å². The van der Waals surface area contributed by atoms with Gasteiger partial charge in [0.25, 0.3) is 20.0 Å². The monoisotopic (exact) mass is 544 g/mol. The fourth-order valence-electron chi connectivity index (χ4n) is 6.03. The fourth-order valence-corrected chi connectivity index (χ4v) is 8.16. The highest BCUT2D eigenvalue weighted by Crippen LogP contribution is 2.51. The molecule has 4 aliphatic rings. The van der Waals surface area contributed by atoms with Crippen LogP contribution in [0.15, 0.2) is 104 Å². The van der Waals surface area contributed by atoms with Crippen molar-refractivity contribution in [3.63, 3.8) is 0 Å². The van der Waals surface area contributed by atoms with Gasteiger partial charge in [-0.05, 0) is 62.8 Å². The van der Waals surface area contributed by atoms with Gasteiger partial charge in [-0.1, -0.05) is 71.8 Å². The average molecular weight is 545 g/mol. The summed E-state index contributed by atoms with van der Waals surface area (Å²) in [7, 11) is -7.96. The second-order valence-electron chi connectivity index (χ2n) is 10.4. The molecule has 194 valence electrons. The minimum atomic E-state index is -3.98. The van der Waals surface area contributed by atoms with E-state index in [1.807, 2.05) is 38.1 Å². The summed E-state index contributed by atoms with van der Waals surface area (Å²) in [6.07, 6.45) is 6.07. The smallest absolute Gasteiger partial charge is 0.199 e. The molecule has 0 aromatic heterocycles. The van der Waals surface area contributed by atoms with Gasteiger partial charge in [-0.25, -0.2) is 0 Å². The minimum Gasteiger partial charge on any atom is -0.199 e. The molecule has 0 radical (unpaired) electrons. The van der Waals surface area contributed by atoms with Crippen LogP contribution in [0, 0.1) is 37.5 Å². The van der Waals surface area contributed by atoms with E-state index in [-0.39, 0.29) is 33.5 Å². The second-order valence-corrected chi connectivity index (χ2v) is 13.6. The quantitative estimate of drug-likeness (QED) is 0.405. The molecule has 4 atom stereocenters. The standard InChI is InChI=1S/C30H28N2O4S2/c1-19-7-15-23(16-8-19)37(33,34)31-29-25-5-3-4-6-26(25)30(28-22-13-11-21(12-14-22)27(28)29)32-38(35,36)24-17-9-20(2)10-18-24/h3-11,13,15-18,21-22,27-28H,12,14H2,1-2H3/b31-29+,32-30+. The predicted molar refractivity (Wildman–Crippen MR) is 149 cm³/mol. The summed E-state index contributed by atoms with van der Waals surface area (Å²) in [4.78, 5) is 0.283. The van der Waals surface area contributed by atoms with Crippen LogP contribution in [0.3, 0.4) is 0 Å². The third kappa shape index (κ3) is 4.25. The first kappa shape index (κ1) is 24.9. The summed E-state index contributed by atoms with van der Waals surface area (Å²) in [5, 5.41) is 0. The zero-order chi connectivity index (χ0) is 26.7. The van der Waals surface area contributed by atoms with Crippen molar-refractivity contribution in [1.82, 2.24) is 0 Å². The summed E-state index contributed by atoms with van der Waals surface area (Å²) in [6.45, 7) is 3.81. The molecule has 0 heterocycles. The van der Waals surface area contributed by atoms with Crippen LogP contribution < -0.4 is 0 Å². The number of hydrogen-bond acceptors (Lipinski definition) is 4. The molecular weight excluding hydrogens is 516 g/mol. The largest absolute Gasteiger partial charge is 0.282 e. The summed E-state index contributed by atoms with van der Waals surface area (Å²) >= 11 is 0. The Morgan fingerprint density at radius 3 is 1.29 bits per heavy atom. The number of benzene rings is 3. The Morgan fingerprint density at radius 1 is 0.579 bits per heavy atom. The van der Waals surface area contributed by atoms with Gasteiger partial charge in [-0.3, -0.25) is 0 Å². The molecule has 38 heavy (non-hydrogen) atoms. The van der Waals surface area contributed by atoms with Gasteiger partial charge in [0.2, 0.25) is 0 Å². The van der Waals surface area contributed by atoms with E-state index in [9.17, 15) is 16.8 Å². The van der Waals surface area contributed by atoms with Crippen LogP contribution in [0.2, 0.25) is 0 Å². The van der Waals surface area contributed by atoms with Gasteiger partial charge in [0.1, 0.15) is 0 Å². The molecule has 4 unspecified atom stereocenters. The topological polar surface area (TPSA) is 93.0 Å². The minimum absolute atomic E-state index is 0.0533. The highest BCUT2D eigenvalue weighted by Gasteiger charge is 2.50. The predicted octanol–water partition coefficient (Wildman–Crippen LogP) is 5.50. The number of allylic oxidation sites excluding steroid dienone is 2. The zero-order valence-electron chi connectivity index (χ0n) is 21.2. The fraction of sp³-hybridized carbons (Fsp3) is 0.267. The highest BCUT2D eigenvalue weighted by molar-refractivity contribution is 7.90. The number of nitrogens with zero attached hydrogens (tertiary/aromatic N) is 2. The molecule has 0 aliphatic heterocycles. The number of sulfonamides is 2. The lowest BCUT2D eigenvalue weighted by atomic mass is 9.55. The zero-order valence-corrected chi connectivity index (χ0v) is 22.8. The molecule has 2 bridgehead atoms. The molecule has 0 amide bonds. The first-order valence-electron chi connectivity index (χ1n) is 12.8. The van der Waals surface area contributed by atoms with Crippen molar-refractivity contribution >= 4 is 31.5 Å². The third-order valence-electron chi connectivity index (χ3n) is 7.93. The lowest BCUT2D eigenvalue weighted by Gasteiger charge is -2.48. The number of hydrogen-bond donors (Lipinski definition) is 0. The molecular formula is C30H28N2O4S2. The summed E-state index contributed by atoms with van der Waals surface area (Å²) in [6, 6.07) is 20.7. The Morgan fingerprint density at radius 2 is 0.947 bits per heavy atom. The van der Waals surface area contributed by atoms with Crippen molar-refractivity contribution in [2.75, 3.05) is 0 Å². The number of fused-ring (bicyclic) bond motifs is 2. The summed E-state index contributed by atoms with van der Waals surface area (Å²) in [5.74, 6) is -0.447. The van der Waals surface area contributed by atoms with Crippen molar-refractivity contribution in [2.45, 2.75) is 36.5 Å². The van der Waals surface area contributed by atoms with Crippen LogP contribution in [-0.4, -0.2) is 28.3 Å². The molecule has 3 aromatic rings. The lowest BCUT2D eigenvalue weighted by molar-refractivity contribution is 0.226. The van der Waals surface area contributed by atoms with Crippen LogP contribution in [0.4, 0.5) is 0 Å². The van der Waals surface area contributed by atoms with Gasteiger partial charge in [-0.15, -0.1) is 0 Å². The van der Waals surface area contributed by atoms with E-state index in [2.05, 4.69) is 20.9 Å². The molecule has 0 N–H and O–H groups in total. The molecule has 0 saturated heterocycles. The maximum Gasteiger partial charge on any atom is 0.282 e. The summed E-state index contributed by atoms with van der Waals surface area (Å²) < 4.78 is 62.9. The third-order valence-corrected chi connectivity index (χ3v) is 10.5. The van der Waals surface area contributed by atoms with Gasteiger partial charge >= 0.3 is 0 Å². The second kappa shape index (κ2) is 9.13. The van der Waals surface area contributed by atoms with Gasteiger partial charge in [0.15, 0.2) is 0 Å². The Balaban J connectivity index is 1.57. The molecule has 4 aliphatic carbocycles. The van der Waals surface area contributed by atoms with E-state index < -0.39 is 20.0 Å². The van der Waals surface area contributed by atoms with E-state index in [1.165, 1.54) is 0 Å². The molecule has 3 aromatic carbocycles. The molecule has 1 fully saturated rings. The molecule has 0 spiro atoms.